The number of halogens is 3. The zero-order valence-corrected chi connectivity index (χ0v) is 15.5. The molecule has 9 heteroatoms. The van der Waals surface area contributed by atoms with Crippen LogP contribution in [0.15, 0.2) is 18.3 Å². The van der Waals surface area contributed by atoms with E-state index in [0.717, 1.165) is 32.0 Å². The molecule has 28 heavy (non-hydrogen) atoms. The van der Waals surface area contributed by atoms with E-state index in [4.69, 9.17) is 0 Å². The van der Waals surface area contributed by atoms with Crippen LogP contribution in [-0.4, -0.2) is 50.4 Å². The number of anilines is 1. The van der Waals surface area contributed by atoms with Crippen molar-refractivity contribution in [3.8, 4) is 17.1 Å². The molecule has 1 aliphatic heterocycles. The van der Waals surface area contributed by atoms with Crippen molar-refractivity contribution in [2.24, 2.45) is 0 Å². The second kappa shape index (κ2) is 7.20. The van der Waals surface area contributed by atoms with Crippen LogP contribution in [0.4, 0.5) is 19.0 Å². The molecular weight excluding hydrogens is 371 g/mol. The number of alkyl halides is 3. The number of nitrogens with zero attached hydrogens (tertiary/aromatic N) is 4. The molecule has 6 nitrogen and oxygen atoms in total. The number of nitrogens with one attached hydrogen (secondary N) is 1. The molecule has 1 unspecified atom stereocenters. The van der Waals surface area contributed by atoms with E-state index < -0.39 is 17.5 Å². The van der Waals surface area contributed by atoms with E-state index in [1.54, 1.807) is 13.0 Å². The van der Waals surface area contributed by atoms with Gasteiger partial charge in [0.1, 0.15) is 23.0 Å². The van der Waals surface area contributed by atoms with Crippen LogP contribution in [0.2, 0.25) is 0 Å². The zero-order chi connectivity index (χ0) is 19.9. The summed E-state index contributed by atoms with van der Waals surface area (Å²) >= 11 is 0. The number of hydrogen-bond acceptors (Lipinski definition) is 6. The van der Waals surface area contributed by atoms with E-state index in [1.165, 1.54) is 12.8 Å². The average molecular weight is 393 g/mol. The lowest BCUT2D eigenvalue weighted by Gasteiger charge is -2.33. The van der Waals surface area contributed by atoms with Gasteiger partial charge in [-0.1, -0.05) is 0 Å². The van der Waals surface area contributed by atoms with E-state index in [-0.39, 0.29) is 11.4 Å². The molecule has 2 aliphatic rings. The van der Waals surface area contributed by atoms with Crippen LogP contribution in [0, 0.1) is 6.92 Å². The molecule has 1 saturated carbocycles. The molecule has 0 spiro atoms. The summed E-state index contributed by atoms with van der Waals surface area (Å²) < 4.78 is 38.2. The van der Waals surface area contributed by atoms with Crippen molar-refractivity contribution in [1.29, 1.82) is 0 Å². The molecule has 0 amide bonds. The normalized spacial score (nSPS) is 20.9. The van der Waals surface area contributed by atoms with E-state index in [9.17, 15) is 18.3 Å². The second-order valence-corrected chi connectivity index (χ2v) is 7.56. The van der Waals surface area contributed by atoms with Gasteiger partial charge in [0.2, 0.25) is 0 Å². The van der Waals surface area contributed by atoms with Crippen LogP contribution in [0.5, 0.6) is 5.75 Å². The lowest BCUT2D eigenvalue weighted by atomic mass is 10.1. The molecule has 1 atom stereocenters. The highest BCUT2D eigenvalue weighted by molar-refractivity contribution is 5.66. The quantitative estimate of drug-likeness (QED) is 0.827. The third-order valence-corrected chi connectivity index (χ3v) is 5.27. The van der Waals surface area contributed by atoms with Crippen LogP contribution < -0.4 is 5.32 Å². The van der Waals surface area contributed by atoms with E-state index in [1.807, 2.05) is 0 Å². The van der Waals surface area contributed by atoms with Crippen molar-refractivity contribution in [2.75, 3.05) is 18.4 Å². The Balaban J connectivity index is 1.50. The minimum Gasteiger partial charge on any atom is -0.506 e. The summed E-state index contributed by atoms with van der Waals surface area (Å²) in [5.41, 5.74) is -0.0766. The molecule has 3 heterocycles. The summed E-state index contributed by atoms with van der Waals surface area (Å²) in [7, 11) is 0. The van der Waals surface area contributed by atoms with Gasteiger partial charge >= 0.3 is 6.18 Å². The van der Waals surface area contributed by atoms with Gasteiger partial charge < -0.3 is 10.4 Å². The molecule has 0 bridgehead atoms. The Morgan fingerprint density at radius 2 is 1.93 bits per heavy atom. The first kappa shape index (κ1) is 18.9. The van der Waals surface area contributed by atoms with Crippen molar-refractivity contribution < 1.29 is 18.3 Å². The van der Waals surface area contributed by atoms with E-state index >= 15 is 0 Å². The summed E-state index contributed by atoms with van der Waals surface area (Å²) in [5, 5.41) is 21.7. The first-order valence-electron chi connectivity index (χ1n) is 9.43. The number of aromatic hydroxyl groups is 1. The SMILES string of the molecule is Cc1cc(NC2CCCN(C3CC3)C2)nnc1-c1ncc(C(F)(F)F)cc1O. The van der Waals surface area contributed by atoms with Gasteiger partial charge in [-0.2, -0.15) is 13.2 Å². The molecule has 1 saturated heterocycles. The first-order chi connectivity index (χ1) is 13.3. The molecule has 2 fully saturated rings. The monoisotopic (exact) mass is 393 g/mol. The van der Waals surface area contributed by atoms with Crippen LogP contribution >= 0.6 is 0 Å². The van der Waals surface area contributed by atoms with Crippen LogP contribution in [0.25, 0.3) is 11.4 Å². The van der Waals surface area contributed by atoms with Crippen molar-refractivity contribution >= 4 is 5.82 Å². The van der Waals surface area contributed by atoms with Crippen LogP contribution in [-0.2, 0) is 6.18 Å². The lowest BCUT2D eigenvalue weighted by molar-refractivity contribution is -0.137. The summed E-state index contributed by atoms with van der Waals surface area (Å²) in [4.78, 5) is 6.27. The Morgan fingerprint density at radius 3 is 2.57 bits per heavy atom. The Morgan fingerprint density at radius 1 is 1.14 bits per heavy atom. The fraction of sp³-hybridized carbons (Fsp3) is 0.526. The smallest absolute Gasteiger partial charge is 0.418 e. The topological polar surface area (TPSA) is 74.2 Å². The fourth-order valence-corrected chi connectivity index (χ4v) is 3.69. The van der Waals surface area contributed by atoms with Gasteiger partial charge in [0.05, 0.1) is 5.56 Å². The Bertz CT molecular complexity index is 869. The maximum atomic E-state index is 12.7. The van der Waals surface area contributed by atoms with Gasteiger partial charge in [-0.25, -0.2) is 4.98 Å². The number of pyridine rings is 1. The highest BCUT2D eigenvalue weighted by atomic mass is 19.4. The molecule has 150 valence electrons. The molecular formula is C19H22F3N5O. The van der Waals surface area contributed by atoms with Crippen molar-refractivity contribution in [1.82, 2.24) is 20.1 Å². The molecule has 2 aromatic heterocycles. The highest BCUT2D eigenvalue weighted by Crippen LogP contribution is 2.35. The number of rotatable bonds is 4. The van der Waals surface area contributed by atoms with Gasteiger partial charge in [0, 0.05) is 24.8 Å². The van der Waals surface area contributed by atoms with Gasteiger partial charge in [0.15, 0.2) is 0 Å². The molecule has 2 aromatic rings. The van der Waals surface area contributed by atoms with Gasteiger partial charge in [-0.3, -0.25) is 4.90 Å². The summed E-state index contributed by atoms with van der Waals surface area (Å²) in [6.07, 6.45) is 0.894. The summed E-state index contributed by atoms with van der Waals surface area (Å²) in [5.74, 6) is 0.0515. The fourth-order valence-electron chi connectivity index (χ4n) is 3.69. The van der Waals surface area contributed by atoms with Gasteiger partial charge in [-0.05, 0) is 56.8 Å². The predicted molar refractivity (Wildman–Crippen MR) is 97.9 cm³/mol. The summed E-state index contributed by atoms with van der Waals surface area (Å²) in [6, 6.07) is 3.47. The number of likely N-dealkylation sites (tertiary alicyclic amines) is 1. The minimum absolute atomic E-state index is 0.0119. The van der Waals surface area contributed by atoms with Gasteiger partial charge in [0.25, 0.3) is 0 Å². The molecule has 0 aromatic carbocycles. The van der Waals surface area contributed by atoms with Crippen molar-refractivity contribution in [3.63, 3.8) is 0 Å². The Labute approximate surface area is 160 Å². The van der Waals surface area contributed by atoms with Crippen molar-refractivity contribution in [3.05, 3.63) is 29.5 Å². The molecule has 2 N–H and O–H groups in total. The zero-order valence-electron chi connectivity index (χ0n) is 15.5. The highest BCUT2D eigenvalue weighted by Gasteiger charge is 2.33. The largest absolute Gasteiger partial charge is 0.506 e. The summed E-state index contributed by atoms with van der Waals surface area (Å²) in [6.45, 7) is 3.89. The predicted octanol–water partition coefficient (Wildman–Crippen LogP) is 3.61. The molecule has 0 radical (unpaired) electrons. The Kier molecular flexibility index (Phi) is 4.86. The number of aromatic nitrogens is 3. The first-order valence-corrected chi connectivity index (χ1v) is 9.43. The second-order valence-electron chi connectivity index (χ2n) is 7.56. The third-order valence-electron chi connectivity index (χ3n) is 5.27. The maximum Gasteiger partial charge on any atom is 0.418 e. The number of hydrogen-bond donors (Lipinski definition) is 2. The maximum absolute atomic E-state index is 12.7. The standard InChI is InChI=1S/C19H22F3N5O/c1-11-7-16(24-13-3-2-6-27(10-13)14-4-5-14)25-26-17(11)18-15(28)8-12(9-23-18)19(20,21)22/h7-9,13-14,28H,2-6,10H2,1H3,(H,24,25). The van der Waals surface area contributed by atoms with Gasteiger partial charge in [-0.15, -0.1) is 10.2 Å². The number of aryl methyl sites for hydroxylation is 1. The Hall–Kier alpha value is -2.42. The average Bonchev–Trinajstić information content (AvgIpc) is 3.47. The van der Waals surface area contributed by atoms with E-state index in [0.29, 0.717) is 29.7 Å². The molecule has 1 aliphatic carbocycles. The van der Waals surface area contributed by atoms with Crippen molar-refractivity contribution in [2.45, 2.75) is 50.9 Å². The molecule has 4 rings (SSSR count). The minimum atomic E-state index is -4.56. The number of piperidine rings is 1. The van der Waals surface area contributed by atoms with Crippen LogP contribution in [0.3, 0.4) is 0 Å². The lowest BCUT2D eigenvalue weighted by Crippen LogP contribution is -2.43. The van der Waals surface area contributed by atoms with E-state index in [2.05, 4.69) is 25.4 Å². The third kappa shape index (κ3) is 4.04. The van der Waals surface area contributed by atoms with Crippen LogP contribution in [0.1, 0.15) is 36.8 Å².